The van der Waals surface area contributed by atoms with E-state index in [0.29, 0.717) is 5.02 Å². The molecule has 0 aromatic heterocycles. The molecule has 6 nitrogen and oxygen atoms in total. The van der Waals surface area contributed by atoms with Crippen LogP contribution >= 0.6 is 23.2 Å². The highest BCUT2D eigenvalue weighted by molar-refractivity contribution is 7.92. The van der Waals surface area contributed by atoms with Crippen molar-refractivity contribution in [2.24, 2.45) is 0 Å². The van der Waals surface area contributed by atoms with Gasteiger partial charge in [0.2, 0.25) is 5.91 Å². The maximum absolute atomic E-state index is 13.5. The minimum Gasteiger partial charge on any atom is -0.350 e. The Kier molecular flexibility index (Phi) is 8.34. The zero-order valence-electron chi connectivity index (χ0n) is 19.2. The summed E-state index contributed by atoms with van der Waals surface area (Å²) in [4.78, 5) is 15.4. The number of sulfonamides is 1. The predicted molar refractivity (Wildman–Crippen MR) is 140 cm³/mol. The molecule has 35 heavy (non-hydrogen) atoms. The Labute approximate surface area is 216 Å². The lowest BCUT2D eigenvalue weighted by Crippen LogP contribution is -2.40. The molecule has 1 fully saturated rings. The van der Waals surface area contributed by atoms with Gasteiger partial charge in [-0.05, 0) is 67.4 Å². The fourth-order valence-electron chi connectivity index (χ4n) is 4.12. The van der Waals surface area contributed by atoms with Crippen LogP contribution < -0.4 is 9.62 Å². The van der Waals surface area contributed by atoms with Crippen LogP contribution in [0.15, 0.2) is 77.7 Å². The maximum atomic E-state index is 13.5. The molecule has 0 atom stereocenters. The third-order valence-electron chi connectivity index (χ3n) is 5.88. The van der Waals surface area contributed by atoms with Gasteiger partial charge in [0.15, 0.2) is 0 Å². The van der Waals surface area contributed by atoms with Gasteiger partial charge in [0, 0.05) is 18.1 Å². The molecule has 0 spiro atoms. The first-order valence-electron chi connectivity index (χ1n) is 11.4. The van der Waals surface area contributed by atoms with Gasteiger partial charge in [0.05, 0.1) is 15.6 Å². The Morgan fingerprint density at radius 2 is 1.63 bits per heavy atom. The van der Waals surface area contributed by atoms with Gasteiger partial charge in [-0.3, -0.25) is 14.0 Å². The first kappa shape index (κ1) is 25.5. The van der Waals surface area contributed by atoms with E-state index in [-0.39, 0.29) is 22.2 Å². The molecule has 184 valence electrons. The third-order valence-corrected chi connectivity index (χ3v) is 8.21. The van der Waals surface area contributed by atoms with Crippen LogP contribution in [0.5, 0.6) is 0 Å². The highest BCUT2D eigenvalue weighted by Gasteiger charge is 2.29. The number of hydrogen-bond acceptors (Lipinski definition) is 4. The number of halogens is 2. The average molecular weight is 532 g/mol. The molecule has 3 aromatic carbocycles. The second kappa shape index (κ2) is 11.4. The van der Waals surface area contributed by atoms with Gasteiger partial charge < -0.3 is 5.32 Å². The number of hydrogen-bond donors (Lipinski definition) is 1. The molecule has 1 saturated heterocycles. The van der Waals surface area contributed by atoms with E-state index in [9.17, 15) is 13.2 Å². The van der Waals surface area contributed by atoms with Gasteiger partial charge in [0.25, 0.3) is 10.0 Å². The normalized spacial score (nSPS) is 14.1. The number of carbonyl (C=O) groups is 1. The number of benzene rings is 3. The lowest BCUT2D eigenvalue weighted by Gasteiger charge is -2.25. The summed E-state index contributed by atoms with van der Waals surface area (Å²) >= 11 is 12.5. The summed E-state index contributed by atoms with van der Waals surface area (Å²) in [7, 11) is -4.07. The molecule has 0 aliphatic carbocycles. The van der Waals surface area contributed by atoms with Gasteiger partial charge in [0.1, 0.15) is 6.54 Å². The minimum atomic E-state index is -4.07. The Bertz CT molecular complexity index is 1280. The van der Waals surface area contributed by atoms with Crippen LogP contribution in [0.4, 0.5) is 5.69 Å². The molecule has 9 heteroatoms. The first-order chi connectivity index (χ1) is 16.8. The van der Waals surface area contributed by atoms with Gasteiger partial charge >= 0.3 is 0 Å². The molecule has 3 aromatic rings. The average Bonchev–Trinajstić information content (AvgIpc) is 3.36. The lowest BCUT2D eigenvalue weighted by atomic mass is 10.1. The van der Waals surface area contributed by atoms with Crippen LogP contribution in [-0.2, 0) is 27.9 Å². The maximum Gasteiger partial charge on any atom is 0.264 e. The highest BCUT2D eigenvalue weighted by atomic mass is 35.5. The van der Waals surface area contributed by atoms with Crippen molar-refractivity contribution in [3.63, 3.8) is 0 Å². The Morgan fingerprint density at radius 1 is 0.914 bits per heavy atom. The quantitative estimate of drug-likeness (QED) is 0.417. The summed E-state index contributed by atoms with van der Waals surface area (Å²) in [6.45, 7) is 2.95. The number of nitrogens with zero attached hydrogens (tertiary/aromatic N) is 2. The zero-order chi connectivity index (χ0) is 24.8. The van der Waals surface area contributed by atoms with Gasteiger partial charge in [-0.15, -0.1) is 0 Å². The zero-order valence-corrected chi connectivity index (χ0v) is 21.5. The second-order valence-corrected chi connectivity index (χ2v) is 11.2. The van der Waals surface area contributed by atoms with E-state index in [0.717, 1.165) is 29.5 Å². The molecule has 1 aliphatic heterocycles. The van der Waals surface area contributed by atoms with Crippen molar-refractivity contribution in [1.82, 2.24) is 10.2 Å². The van der Waals surface area contributed by atoms with Gasteiger partial charge in [-0.1, -0.05) is 65.7 Å². The molecule has 1 aliphatic rings. The summed E-state index contributed by atoms with van der Waals surface area (Å²) in [5, 5.41) is 3.33. The summed E-state index contributed by atoms with van der Waals surface area (Å²) < 4.78 is 27.9. The highest BCUT2D eigenvalue weighted by Crippen LogP contribution is 2.32. The standard InChI is InChI=1S/C26H27Cl2N3O3S/c27-22-11-12-24(28)25(16-22)31(35(33,34)23-9-2-1-3-10-23)19-26(32)29-17-20-7-6-8-21(15-20)18-30-13-4-5-14-30/h1-3,6-12,15-16H,4-5,13-14,17-19H2,(H,29,32). The van der Waals surface area contributed by atoms with Crippen LogP contribution in [0.1, 0.15) is 24.0 Å². The molecule has 1 N–H and O–H groups in total. The summed E-state index contributed by atoms with van der Waals surface area (Å²) in [6.07, 6.45) is 2.46. The number of anilines is 1. The van der Waals surface area contributed by atoms with Crippen LogP contribution in [0.3, 0.4) is 0 Å². The smallest absolute Gasteiger partial charge is 0.264 e. The molecule has 4 rings (SSSR count). The Balaban J connectivity index is 1.50. The second-order valence-electron chi connectivity index (χ2n) is 8.50. The van der Waals surface area contributed by atoms with Crippen molar-refractivity contribution < 1.29 is 13.2 Å². The molecule has 0 saturated carbocycles. The van der Waals surface area contributed by atoms with Gasteiger partial charge in [-0.2, -0.15) is 0 Å². The first-order valence-corrected chi connectivity index (χ1v) is 13.6. The van der Waals surface area contributed by atoms with E-state index in [1.54, 1.807) is 24.3 Å². The Morgan fingerprint density at radius 3 is 2.37 bits per heavy atom. The minimum absolute atomic E-state index is 0.0541. The van der Waals surface area contributed by atoms with Crippen molar-refractivity contribution in [3.05, 3.63) is 94.0 Å². The topological polar surface area (TPSA) is 69.7 Å². The molecular formula is C26H27Cl2N3O3S. The van der Waals surface area contributed by atoms with Crippen LogP contribution in [0.25, 0.3) is 0 Å². The number of likely N-dealkylation sites (tertiary alicyclic amines) is 1. The van der Waals surface area contributed by atoms with E-state index >= 15 is 0 Å². The Hall–Kier alpha value is -2.58. The largest absolute Gasteiger partial charge is 0.350 e. The van der Waals surface area contributed by atoms with Crippen molar-refractivity contribution in [2.45, 2.75) is 30.8 Å². The van der Waals surface area contributed by atoms with E-state index in [1.165, 1.54) is 42.7 Å². The number of carbonyl (C=O) groups excluding carboxylic acids is 1. The molecule has 1 heterocycles. The molecule has 0 bridgehead atoms. The van der Waals surface area contributed by atoms with E-state index in [1.807, 2.05) is 12.1 Å². The van der Waals surface area contributed by atoms with E-state index in [4.69, 9.17) is 23.2 Å². The van der Waals surface area contributed by atoms with Gasteiger partial charge in [-0.25, -0.2) is 8.42 Å². The number of rotatable bonds is 9. The van der Waals surface area contributed by atoms with Crippen molar-refractivity contribution in [1.29, 1.82) is 0 Å². The number of nitrogens with one attached hydrogen (secondary N) is 1. The van der Waals surface area contributed by atoms with E-state index in [2.05, 4.69) is 22.3 Å². The lowest BCUT2D eigenvalue weighted by molar-refractivity contribution is -0.119. The molecule has 0 radical (unpaired) electrons. The summed E-state index contributed by atoms with van der Waals surface area (Å²) in [5.41, 5.74) is 2.29. The fourth-order valence-corrected chi connectivity index (χ4v) is 6.01. The van der Waals surface area contributed by atoms with Crippen molar-refractivity contribution >= 4 is 44.8 Å². The SMILES string of the molecule is O=C(CN(c1cc(Cl)ccc1Cl)S(=O)(=O)c1ccccc1)NCc1cccc(CN2CCCC2)c1. The summed E-state index contributed by atoms with van der Waals surface area (Å²) in [6, 6.07) is 20.5. The van der Waals surface area contributed by atoms with Crippen LogP contribution in [0.2, 0.25) is 10.0 Å². The van der Waals surface area contributed by atoms with Crippen LogP contribution in [-0.4, -0.2) is 38.9 Å². The fraction of sp³-hybridized carbons (Fsp3) is 0.269. The van der Waals surface area contributed by atoms with Crippen LogP contribution in [0, 0.1) is 0 Å². The van der Waals surface area contributed by atoms with Crippen molar-refractivity contribution in [2.75, 3.05) is 23.9 Å². The molecule has 0 unspecified atom stereocenters. The molecule has 1 amide bonds. The summed E-state index contributed by atoms with van der Waals surface area (Å²) in [5.74, 6) is -0.453. The monoisotopic (exact) mass is 531 g/mol. The van der Waals surface area contributed by atoms with Crippen molar-refractivity contribution in [3.8, 4) is 0 Å². The number of amides is 1. The molecular weight excluding hydrogens is 505 g/mol. The third kappa shape index (κ3) is 6.55. The van der Waals surface area contributed by atoms with E-state index < -0.39 is 22.5 Å². The predicted octanol–water partition coefficient (Wildman–Crippen LogP) is 5.10.